The quantitative estimate of drug-likeness (QED) is 0.608. The molecule has 1 aromatic rings. The zero-order chi connectivity index (χ0) is 18.0. The first-order chi connectivity index (χ1) is 11.9. The summed E-state index contributed by atoms with van der Waals surface area (Å²) in [5, 5.41) is 21.1. The molecule has 0 amide bonds. The number of rotatable bonds is 4. The zero-order valence-electron chi connectivity index (χ0n) is 13.7. The van der Waals surface area contributed by atoms with Crippen molar-refractivity contribution in [2.24, 2.45) is 0 Å². The Kier molecular flexibility index (Phi) is 5.23. The number of hydrogen-bond donors (Lipinski definition) is 1. The van der Waals surface area contributed by atoms with Gasteiger partial charge in [0.15, 0.2) is 0 Å². The summed E-state index contributed by atoms with van der Waals surface area (Å²) in [6.07, 6.45) is 0.673. The van der Waals surface area contributed by atoms with Gasteiger partial charge in [0.05, 0.1) is 29.1 Å². The maximum absolute atomic E-state index is 12.7. The summed E-state index contributed by atoms with van der Waals surface area (Å²) in [6, 6.07) is 4.03. The van der Waals surface area contributed by atoms with E-state index in [-0.39, 0.29) is 23.7 Å². The Morgan fingerprint density at radius 2 is 1.80 bits per heavy atom. The highest BCUT2D eigenvalue weighted by Gasteiger charge is 2.30. The van der Waals surface area contributed by atoms with Gasteiger partial charge in [-0.2, -0.15) is 4.31 Å². The molecule has 0 atom stereocenters. The second-order valence-corrected chi connectivity index (χ2v) is 8.08. The zero-order valence-corrected chi connectivity index (χ0v) is 14.5. The lowest BCUT2D eigenvalue weighted by atomic mass is 10.1. The summed E-state index contributed by atoms with van der Waals surface area (Å²) >= 11 is 0. The van der Waals surface area contributed by atoms with Gasteiger partial charge in [-0.15, -0.1) is 0 Å². The fourth-order valence-electron chi connectivity index (χ4n) is 3.12. The van der Waals surface area contributed by atoms with Gasteiger partial charge in [-0.1, -0.05) is 0 Å². The van der Waals surface area contributed by atoms with E-state index in [0.717, 1.165) is 6.07 Å². The van der Waals surface area contributed by atoms with Crippen LogP contribution >= 0.6 is 0 Å². The summed E-state index contributed by atoms with van der Waals surface area (Å²) in [7, 11) is -3.78. The number of nitro benzene ring substituents is 1. The molecule has 138 valence electrons. The lowest BCUT2D eigenvalue weighted by molar-refractivity contribution is -0.384. The van der Waals surface area contributed by atoms with Crippen LogP contribution < -0.4 is 4.90 Å². The van der Waals surface area contributed by atoms with Crippen molar-refractivity contribution in [1.82, 2.24) is 4.31 Å². The summed E-state index contributed by atoms with van der Waals surface area (Å²) < 4.78 is 31.8. The van der Waals surface area contributed by atoms with Gasteiger partial charge in [-0.25, -0.2) is 8.42 Å². The average molecular weight is 371 g/mol. The lowest BCUT2D eigenvalue weighted by Gasteiger charge is -2.31. The van der Waals surface area contributed by atoms with E-state index >= 15 is 0 Å². The number of nitrogens with zero attached hydrogens (tertiary/aromatic N) is 3. The first-order valence-electron chi connectivity index (χ1n) is 8.19. The molecular formula is C15H21N3O6S. The van der Waals surface area contributed by atoms with E-state index in [4.69, 9.17) is 4.74 Å². The number of anilines is 1. The van der Waals surface area contributed by atoms with E-state index in [1.807, 2.05) is 4.90 Å². The highest BCUT2D eigenvalue weighted by molar-refractivity contribution is 7.89. The fraction of sp³-hybridized carbons (Fsp3) is 0.600. The van der Waals surface area contributed by atoms with Crippen LogP contribution in [0.3, 0.4) is 0 Å². The van der Waals surface area contributed by atoms with Gasteiger partial charge < -0.3 is 14.7 Å². The Morgan fingerprint density at radius 1 is 1.16 bits per heavy atom. The standard InChI is InChI=1S/C15H21N3O6S/c19-12-3-5-16(6-4-12)14-2-1-13(11-15(14)18(20)21)25(22,23)17-7-9-24-10-8-17/h1-2,11-12,19H,3-10H2. The smallest absolute Gasteiger partial charge is 0.293 e. The Balaban J connectivity index is 1.92. The molecule has 0 unspecified atom stereocenters. The molecule has 1 aromatic carbocycles. The van der Waals surface area contributed by atoms with E-state index in [1.165, 1.54) is 16.4 Å². The van der Waals surface area contributed by atoms with Crippen molar-refractivity contribution >= 4 is 21.4 Å². The van der Waals surface area contributed by atoms with Gasteiger partial charge in [0.2, 0.25) is 10.0 Å². The van der Waals surface area contributed by atoms with Crippen LogP contribution in [0.25, 0.3) is 0 Å². The molecule has 0 saturated carbocycles. The highest BCUT2D eigenvalue weighted by Crippen LogP contribution is 2.33. The van der Waals surface area contributed by atoms with Crippen molar-refractivity contribution < 1.29 is 23.2 Å². The lowest BCUT2D eigenvalue weighted by Crippen LogP contribution is -2.40. The van der Waals surface area contributed by atoms with Crippen molar-refractivity contribution in [3.8, 4) is 0 Å². The highest BCUT2D eigenvalue weighted by atomic mass is 32.2. The number of sulfonamides is 1. The monoisotopic (exact) mass is 371 g/mol. The second kappa shape index (κ2) is 7.24. The largest absolute Gasteiger partial charge is 0.393 e. The Bertz CT molecular complexity index is 740. The predicted molar refractivity (Wildman–Crippen MR) is 90.1 cm³/mol. The molecule has 9 nitrogen and oxygen atoms in total. The third kappa shape index (κ3) is 3.76. The fourth-order valence-corrected chi connectivity index (χ4v) is 4.55. The number of benzene rings is 1. The van der Waals surface area contributed by atoms with Gasteiger partial charge in [0, 0.05) is 32.2 Å². The molecule has 10 heteroatoms. The summed E-state index contributed by atoms with van der Waals surface area (Å²) in [6.45, 7) is 2.10. The van der Waals surface area contributed by atoms with Gasteiger partial charge >= 0.3 is 0 Å². The minimum atomic E-state index is -3.78. The van der Waals surface area contributed by atoms with Crippen molar-refractivity contribution in [2.75, 3.05) is 44.3 Å². The Morgan fingerprint density at radius 3 is 2.40 bits per heavy atom. The minimum absolute atomic E-state index is 0.0816. The molecule has 0 radical (unpaired) electrons. The molecule has 2 aliphatic heterocycles. The summed E-state index contributed by atoms with van der Waals surface area (Å²) in [5.74, 6) is 0. The van der Waals surface area contributed by atoms with Gasteiger partial charge in [-0.3, -0.25) is 10.1 Å². The summed E-state index contributed by atoms with van der Waals surface area (Å²) in [5.41, 5.74) is 0.156. The number of ether oxygens (including phenoxy) is 1. The van der Waals surface area contributed by atoms with Crippen LogP contribution in [0, 0.1) is 10.1 Å². The van der Waals surface area contributed by atoms with Gasteiger partial charge in [0.25, 0.3) is 5.69 Å². The van der Waals surface area contributed by atoms with Gasteiger partial charge in [0.1, 0.15) is 5.69 Å². The molecule has 2 saturated heterocycles. The minimum Gasteiger partial charge on any atom is -0.393 e. The topological polar surface area (TPSA) is 113 Å². The molecule has 0 aliphatic carbocycles. The third-order valence-corrected chi connectivity index (χ3v) is 6.45. The molecule has 3 rings (SSSR count). The number of nitro groups is 1. The van der Waals surface area contributed by atoms with Gasteiger partial charge in [-0.05, 0) is 25.0 Å². The number of aliphatic hydroxyl groups excluding tert-OH is 1. The summed E-state index contributed by atoms with van der Waals surface area (Å²) in [4.78, 5) is 12.7. The number of hydrogen-bond acceptors (Lipinski definition) is 7. The van der Waals surface area contributed by atoms with Crippen LogP contribution in [0.1, 0.15) is 12.8 Å². The van der Waals surface area contributed by atoms with Crippen molar-refractivity contribution in [3.63, 3.8) is 0 Å². The van der Waals surface area contributed by atoms with Crippen molar-refractivity contribution in [3.05, 3.63) is 28.3 Å². The second-order valence-electron chi connectivity index (χ2n) is 6.14. The van der Waals surface area contributed by atoms with E-state index in [1.54, 1.807) is 0 Å². The number of morpholine rings is 1. The van der Waals surface area contributed by atoms with Crippen molar-refractivity contribution in [1.29, 1.82) is 0 Å². The van der Waals surface area contributed by atoms with E-state index in [9.17, 15) is 23.6 Å². The molecule has 2 heterocycles. The number of piperidine rings is 1. The average Bonchev–Trinajstić information content (AvgIpc) is 2.62. The molecule has 25 heavy (non-hydrogen) atoms. The van der Waals surface area contributed by atoms with Crippen LogP contribution in [-0.2, 0) is 14.8 Å². The van der Waals surface area contributed by atoms with Crippen molar-refractivity contribution in [2.45, 2.75) is 23.8 Å². The molecule has 0 spiro atoms. The Labute approximate surface area is 146 Å². The van der Waals surface area contributed by atoms with Crippen LogP contribution in [-0.4, -0.2) is 68.2 Å². The maximum atomic E-state index is 12.7. The third-order valence-electron chi connectivity index (χ3n) is 4.56. The molecule has 0 bridgehead atoms. The molecule has 0 aromatic heterocycles. The van der Waals surface area contributed by atoms with Crippen LogP contribution in [0.5, 0.6) is 0 Å². The van der Waals surface area contributed by atoms with Crippen LogP contribution in [0.4, 0.5) is 11.4 Å². The molecule has 1 N–H and O–H groups in total. The molecule has 2 fully saturated rings. The van der Waals surface area contributed by atoms with E-state index < -0.39 is 21.1 Å². The Hall–Kier alpha value is -1.75. The van der Waals surface area contributed by atoms with Crippen LogP contribution in [0.15, 0.2) is 23.1 Å². The number of aliphatic hydroxyl groups is 1. The first kappa shape index (κ1) is 18.1. The SMILES string of the molecule is O=[N+]([O-])c1cc(S(=O)(=O)N2CCOCC2)ccc1N1CCC(O)CC1. The molecular weight excluding hydrogens is 350 g/mol. The van der Waals surface area contributed by atoms with E-state index in [0.29, 0.717) is 44.8 Å². The normalized spacial score (nSPS) is 20.6. The first-order valence-corrected chi connectivity index (χ1v) is 9.63. The van der Waals surface area contributed by atoms with E-state index in [2.05, 4.69) is 0 Å². The van der Waals surface area contributed by atoms with Crippen LogP contribution in [0.2, 0.25) is 0 Å². The maximum Gasteiger partial charge on any atom is 0.293 e. The predicted octanol–water partition coefficient (Wildman–Crippen LogP) is 0.577. The molecule has 2 aliphatic rings.